The fraction of sp³-hybridized carbons (Fsp3) is 0.520. The maximum absolute atomic E-state index is 12.3. The normalized spacial score (nSPS) is 19.0. The van der Waals surface area contributed by atoms with E-state index in [-0.39, 0.29) is 35.9 Å². The first kappa shape index (κ1) is 30.5. The molecule has 1 aliphatic heterocycles. The van der Waals surface area contributed by atoms with Gasteiger partial charge in [-0.1, -0.05) is 45.0 Å². The van der Waals surface area contributed by atoms with Crippen LogP contribution in [0.1, 0.15) is 51.4 Å². The predicted octanol–water partition coefficient (Wildman–Crippen LogP) is 2.15. The van der Waals surface area contributed by atoms with Gasteiger partial charge in [-0.2, -0.15) is 6.41 Å². The second-order valence-corrected chi connectivity index (χ2v) is 9.53. The number of rotatable bonds is 7. The number of benzene rings is 1. The van der Waals surface area contributed by atoms with Crippen molar-refractivity contribution >= 4 is 18.6 Å². The molecule has 3 rings (SSSR count). The zero-order chi connectivity index (χ0) is 25.5. The molecule has 1 aromatic heterocycles. The van der Waals surface area contributed by atoms with Crippen molar-refractivity contribution in [3.8, 4) is 11.3 Å². The van der Waals surface area contributed by atoms with Gasteiger partial charge in [-0.15, -0.1) is 0 Å². The van der Waals surface area contributed by atoms with E-state index in [0.29, 0.717) is 12.3 Å². The van der Waals surface area contributed by atoms with Gasteiger partial charge in [0, 0.05) is 41.6 Å². The third-order valence-electron chi connectivity index (χ3n) is 5.93. The van der Waals surface area contributed by atoms with Crippen LogP contribution in [0.15, 0.2) is 35.1 Å². The van der Waals surface area contributed by atoms with Gasteiger partial charge in [0.25, 0.3) is 0 Å². The Morgan fingerprint density at radius 3 is 2.40 bits per heavy atom. The molecule has 0 aliphatic carbocycles. The first-order valence-electron chi connectivity index (χ1n) is 11.3. The molecular formula is C25H35MnN4O5-. The van der Waals surface area contributed by atoms with Gasteiger partial charge in [-0.25, -0.2) is 4.98 Å². The Morgan fingerprint density at radius 1 is 1.31 bits per heavy atom. The first-order valence-corrected chi connectivity index (χ1v) is 11.3. The number of nitrogens with zero attached hydrogens (tertiary/aromatic N) is 2. The third-order valence-corrected chi connectivity index (χ3v) is 5.93. The SMILES string of the molecule is CC(C)(C)C(N[C-]=O)C(=O)N1CC(O)CC1C=O.CNC(C)c1ccc(-c2ocnc2C)cc1.[Mn]. The number of likely N-dealkylation sites (tertiary alicyclic amines) is 1. The smallest absolute Gasteiger partial charge is 0.243 e. The Labute approximate surface area is 217 Å². The second-order valence-electron chi connectivity index (χ2n) is 9.53. The molecule has 10 heteroatoms. The molecule has 193 valence electrons. The number of aromatic nitrogens is 1. The van der Waals surface area contributed by atoms with Crippen molar-refractivity contribution in [1.82, 2.24) is 20.5 Å². The van der Waals surface area contributed by atoms with Crippen LogP contribution in [0.2, 0.25) is 0 Å². The van der Waals surface area contributed by atoms with E-state index in [4.69, 9.17) is 4.42 Å². The summed E-state index contributed by atoms with van der Waals surface area (Å²) in [6.07, 6.45) is 3.21. The molecule has 4 atom stereocenters. The van der Waals surface area contributed by atoms with E-state index >= 15 is 0 Å². The molecule has 2 heterocycles. The summed E-state index contributed by atoms with van der Waals surface area (Å²) in [6, 6.07) is 7.34. The topological polar surface area (TPSA) is 125 Å². The zero-order valence-electron chi connectivity index (χ0n) is 21.0. The van der Waals surface area contributed by atoms with Crippen molar-refractivity contribution in [2.24, 2.45) is 5.41 Å². The minimum Gasteiger partial charge on any atom is -0.520 e. The summed E-state index contributed by atoms with van der Waals surface area (Å²) < 4.78 is 5.35. The number of nitrogens with one attached hydrogen (secondary N) is 2. The Morgan fingerprint density at radius 2 is 1.94 bits per heavy atom. The fourth-order valence-electron chi connectivity index (χ4n) is 3.77. The van der Waals surface area contributed by atoms with Crippen LogP contribution >= 0.6 is 0 Å². The molecular weight excluding hydrogens is 491 g/mol. The minimum atomic E-state index is -0.761. The van der Waals surface area contributed by atoms with Crippen molar-refractivity contribution in [2.45, 2.75) is 65.3 Å². The van der Waals surface area contributed by atoms with Crippen LogP contribution in [-0.2, 0) is 31.5 Å². The van der Waals surface area contributed by atoms with Crippen LogP contribution in [0.5, 0.6) is 0 Å². The van der Waals surface area contributed by atoms with Crippen molar-refractivity contribution in [1.29, 1.82) is 0 Å². The van der Waals surface area contributed by atoms with E-state index in [9.17, 15) is 19.5 Å². The molecule has 3 N–H and O–H groups in total. The third kappa shape index (κ3) is 8.00. The average molecular weight is 527 g/mol. The molecule has 2 aromatic rings. The van der Waals surface area contributed by atoms with Crippen LogP contribution in [0.4, 0.5) is 0 Å². The van der Waals surface area contributed by atoms with Crippen LogP contribution in [0.25, 0.3) is 11.3 Å². The summed E-state index contributed by atoms with van der Waals surface area (Å²) in [5, 5.41) is 15.1. The largest absolute Gasteiger partial charge is 0.520 e. The molecule has 0 saturated carbocycles. The van der Waals surface area contributed by atoms with Crippen molar-refractivity contribution in [2.75, 3.05) is 13.6 Å². The van der Waals surface area contributed by atoms with Gasteiger partial charge in [0.2, 0.25) is 5.91 Å². The number of aldehydes is 1. The summed E-state index contributed by atoms with van der Waals surface area (Å²) >= 11 is 0. The molecule has 1 saturated heterocycles. The second kappa shape index (κ2) is 13.5. The Bertz CT molecular complexity index is 958. The standard InChI is InChI=1S/C13H16N2O.C12H19N2O4.Mn/c1-9(14-3)11-4-6-12(7-5-11)13-10(2)15-8-16-13;1-12(2,3)10(13-7-16)11(18)14-5-9(17)4-8(14)6-15;/h4-9,14H,1-3H3;6,8-10,17H,4-5H2,1-3H3,(H,13,16);/q;-1;. The molecule has 4 unspecified atom stereocenters. The number of oxazole rings is 1. The summed E-state index contributed by atoms with van der Waals surface area (Å²) in [5.74, 6) is 0.489. The molecule has 0 bridgehead atoms. The van der Waals surface area contributed by atoms with Gasteiger partial charge in [0.1, 0.15) is 6.29 Å². The van der Waals surface area contributed by atoms with Gasteiger partial charge in [-0.05, 0) is 31.9 Å². The van der Waals surface area contributed by atoms with Crippen LogP contribution in [-0.4, -0.2) is 65.4 Å². The fourth-order valence-corrected chi connectivity index (χ4v) is 3.77. The number of amides is 2. The number of aryl methyl sites for hydroxylation is 1. The van der Waals surface area contributed by atoms with E-state index in [2.05, 4.69) is 46.8 Å². The van der Waals surface area contributed by atoms with Gasteiger partial charge >= 0.3 is 0 Å². The number of aliphatic hydroxyl groups is 1. The number of carbonyl (C=O) groups excluding carboxylic acids is 3. The number of hydrogen-bond acceptors (Lipinski definition) is 7. The van der Waals surface area contributed by atoms with Crippen LogP contribution in [0.3, 0.4) is 0 Å². The maximum Gasteiger partial charge on any atom is 0.243 e. The van der Waals surface area contributed by atoms with Crippen LogP contribution < -0.4 is 10.6 Å². The van der Waals surface area contributed by atoms with Gasteiger partial charge in [0.05, 0.1) is 23.9 Å². The monoisotopic (exact) mass is 526 g/mol. The van der Waals surface area contributed by atoms with Crippen molar-refractivity contribution in [3.63, 3.8) is 0 Å². The zero-order valence-corrected chi connectivity index (χ0v) is 22.2. The molecule has 35 heavy (non-hydrogen) atoms. The Hall–Kier alpha value is -2.52. The molecule has 1 fully saturated rings. The van der Waals surface area contributed by atoms with Gasteiger partial charge in [0.15, 0.2) is 12.2 Å². The first-order chi connectivity index (χ1) is 16.0. The minimum absolute atomic E-state index is 0. The Balaban J connectivity index is 0.000000342. The van der Waals surface area contributed by atoms with Crippen molar-refractivity contribution in [3.05, 3.63) is 41.9 Å². The van der Waals surface area contributed by atoms with Crippen LogP contribution in [0, 0.1) is 12.3 Å². The quantitative estimate of drug-likeness (QED) is 0.219. The molecule has 2 amide bonds. The summed E-state index contributed by atoms with van der Waals surface area (Å²) in [7, 11) is 1.96. The maximum atomic E-state index is 12.3. The van der Waals surface area contributed by atoms with Gasteiger partial charge in [-0.3, -0.25) is 4.79 Å². The van der Waals surface area contributed by atoms with E-state index in [1.165, 1.54) is 23.3 Å². The predicted molar refractivity (Wildman–Crippen MR) is 128 cm³/mol. The van der Waals surface area contributed by atoms with E-state index in [0.717, 1.165) is 17.0 Å². The summed E-state index contributed by atoms with van der Waals surface area (Å²) in [4.78, 5) is 39.1. The van der Waals surface area contributed by atoms with E-state index in [1.807, 2.05) is 34.7 Å². The number of carbonyl (C=O) groups is 2. The molecule has 0 spiro atoms. The summed E-state index contributed by atoms with van der Waals surface area (Å²) in [6.45, 7) is 9.62. The number of aliphatic hydroxyl groups excluding tert-OH is 1. The van der Waals surface area contributed by atoms with Gasteiger partial charge < -0.3 is 34.6 Å². The average Bonchev–Trinajstić information content (AvgIpc) is 3.41. The molecule has 1 aromatic carbocycles. The summed E-state index contributed by atoms with van der Waals surface area (Å²) in [5.41, 5.74) is 2.77. The Kier molecular flexibility index (Phi) is 11.8. The van der Waals surface area contributed by atoms with Crippen molar-refractivity contribution < 1.29 is 41.0 Å². The molecule has 1 radical (unpaired) electrons. The number of hydrogen-bond donors (Lipinski definition) is 3. The van der Waals surface area contributed by atoms with E-state index < -0.39 is 23.6 Å². The molecule has 9 nitrogen and oxygen atoms in total. The van der Waals surface area contributed by atoms with E-state index in [1.54, 1.807) is 0 Å². The number of β-amino-alcohol motifs (C(OH)–C–C–N with tert-alkyl or cyclic N) is 1. The molecule has 1 aliphatic rings.